The molecule has 3 N–H and O–H groups in total. The highest BCUT2D eigenvalue weighted by Gasteiger charge is 2.30. The number of nitrogens with two attached hydrogens (primary N) is 1. The molecule has 0 heterocycles. The van der Waals surface area contributed by atoms with Crippen LogP contribution in [-0.4, -0.2) is 50.7 Å². The van der Waals surface area contributed by atoms with Gasteiger partial charge in [-0.1, -0.05) is 12.1 Å². The maximum absolute atomic E-state index is 12.6. The number of carbonyl (C=O) groups is 2. The Balaban J connectivity index is 3.05. The number of aryl methyl sites for hydroxylation is 1. The predicted octanol–water partition coefficient (Wildman–Crippen LogP) is 1.53. The SMILES string of the molecule is C=C(OCC)N(C)C(=O)N(N)C(=O)NS(=O)(=O)c1c(C)cccc1OCC. The predicted molar refractivity (Wildman–Crippen MR) is 98.0 cm³/mol. The molecule has 0 aliphatic carbocycles. The molecule has 0 unspecified atom stereocenters. The third-order valence-electron chi connectivity index (χ3n) is 3.36. The maximum atomic E-state index is 12.6. The van der Waals surface area contributed by atoms with Crippen LogP contribution in [0.15, 0.2) is 35.6 Å². The van der Waals surface area contributed by atoms with E-state index >= 15 is 0 Å². The summed E-state index contributed by atoms with van der Waals surface area (Å²) in [5.74, 6) is 5.48. The van der Waals surface area contributed by atoms with E-state index in [1.54, 1.807) is 37.6 Å². The molecule has 1 rings (SSSR count). The molecule has 0 radical (unpaired) electrons. The van der Waals surface area contributed by atoms with Crippen molar-refractivity contribution in [3.8, 4) is 5.75 Å². The summed E-state index contributed by atoms with van der Waals surface area (Å²) in [6, 6.07) is 2.25. The molecular formula is C16H24N4O6S. The molecule has 0 saturated carbocycles. The normalized spacial score (nSPS) is 10.7. The fraction of sp³-hybridized carbons (Fsp3) is 0.375. The van der Waals surface area contributed by atoms with Crippen LogP contribution in [0.3, 0.4) is 0 Å². The Kier molecular flexibility index (Phi) is 7.61. The largest absolute Gasteiger partial charge is 0.492 e. The van der Waals surface area contributed by atoms with Crippen molar-refractivity contribution in [2.75, 3.05) is 20.3 Å². The summed E-state index contributed by atoms with van der Waals surface area (Å²) in [5, 5.41) is 0.111. The number of rotatable bonds is 7. The minimum atomic E-state index is -4.35. The minimum Gasteiger partial charge on any atom is -0.492 e. The van der Waals surface area contributed by atoms with Gasteiger partial charge in [-0.05, 0) is 39.0 Å². The Hall–Kier alpha value is -2.79. The van der Waals surface area contributed by atoms with Gasteiger partial charge in [-0.25, -0.2) is 28.6 Å². The lowest BCUT2D eigenvalue weighted by Crippen LogP contribution is -2.53. The van der Waals surface area contributed by atoms with E-state index in [-0.39, 0.29) is 34.8 Å². The van der Waals surface area contributed by atoms with Crippen molar-refractivity contribution >= 4 is 22.1 Å². The summed E-state index contributed by atoms with van der Waals surface area (Å²) in [6.07, 6.45) is 0. The van der Waals surface area contributed by atoms with E-state index < -0.39 is 22.1 Å². The number of sulfonamides is 1. The summed E-state index contributed by atoms with van der Waals surface area (Å²) < 4.78 is 37.4. The zero-order chi connectivity index (χ0) is 20.8. The van der Waals surface area contributed by atoms with Crippen LogP contribution in [0.1, 0.15) is 19.4 Å². The van der Waals surface area contributed by atoms with Crippen molar-refractivity contribution in [1.29, 1.82) is 0 Å². The zero-order valence-electron chi connectivity index (χ0n) is 15.7. The van der Waals surface area contributed by atoms with E-state index in [4.69, 9.17) is 15.3 Å². The van der Waals surface area contributed by atoms with E-state index in [1.165, 1.54) is 13.1 Å². The number of urea groups is 2. The number of ether oxygens (including phenoxy) is 2. The number of carbonyl (C=O) groups excluding carboxylic acids is 2. The van der Waals surface area contributed by atoms with Gasteiger partial charge in [0, 0.05) is 7.05 Å². The first-order chi connectivity index (χ1) is 12.6. The first-order valence-corrected chi connectivity index (χ1v) is 9.48. The summed E-state index contributed by atoms with van der Waals surface area (Å²) in [6.45, 7) is 8.90. The fourth-order valence-electron chi connectivity index (χ4n) is 2.07. The second kappa shape index (κ2) is 9.24. The standard InChI is InChI=1S/C16H24N4O6S/c1-6-25-12(4)19(5)16(22)20(17)15(21)18-27(23,24)14-11(3)9-8-10-13(14)26-7-2/h8-10H,4,6-7,17H2,1-3,5H3,(H,18,21). The Bertz CT molecular complexity index is 824. The lowest BCUT2D eigenvalue weighted by atomic mass is 10.2. The number of amides is 4. The van der Waals surface area contributed by atoms with E-state index in [0.29, 0.717) is 5.56 Å². The van der Waals surface area contributed by atoms with Gasteiger partial charge in [0.1, 0.15) is 10.6 Å². The topological polar surface area (TPSA) is 131 Å². The molecule has 27 heavy (non-hydrogen) atoms. The fourth-order valence-corrected chi connectivity index (χ4v) is 3.39. The Morgan fingerprint density at radius 1 is 1.26 bits per heavy atom. The van der Waals surface area contributed by atoms with Crippen molar-refractivity contribution in [3.63, 3.8) is 0 Å². The highest BCUT2D eigenvalue weighted by Crippen LogP contribution is 2.27. The van der Waals surface area contributed by atoms with Gasteiger partial charge < -0.3 is 9.47 Å². The van der Waals surface area contributed by atoms with Crippen molar-refractivity contribution in [1.82, 2.24) is 14.6 Å². The number of imide groups is 1. The van der Waals surface area contributed by atoms with E-state index in [0.717, 1.165) is 4.90 Å². The molecule has 0 atom stereocenters. The molecule has 11 heteroatoms. The molecule has 4 amide bonds. The van der Waals surface area contributed by atoms with Gasteiger partial charge in [-0.2, -0.15) is 5.01 Å². The van der Waals surface area contributed by atoms with Crippen LogP contribution in [0.4, 0.5) is 9.59 Å². The van der Waals surface area contributed by atoms with E-state index in [9.17, 15) is 18.0 Å². The van der Waals surface area contributed by atoms with Crippen LogP contribution in [-0.2, 0) is 14.8 Å². The molecule has 0 aromatic heterocycles. The van der Waals surface area contributed by atoms with Crippen LogP contribution >= 0.6 is 0 Å². The van der Waals surface area contributed by atoms with Crippen molar-refractivity contribution in [2.24, 2.45) is 5.84 Å². The molecule has 0 aliphatic rings. The average molecular weight is 400 g/mol. The van der Waals surface area contributed by atoms with Crippen molar-refractivity contribution < 1.29 is 27.5 Å². The molecule has 1 aromatic carbocycles. The third kappa shape index (κ3) is 5.34. The summed E-state index contributed by atoms with van der Waals surface area (Å²) in [7, 11) is -3.07. The first-order valence-electron chi connectivity index (χ1n) is 8.00. The number of hydrogen-bond acceptors (Lipinski definition) is 7. The van der Waals surface area contributed by atoms with Gasteiger partial charge in [-0.15, -0.1) is 0 Å². The summed E-state index contributed by atoms with van der Waals surface area (Å²) >= 11 is 0. The van der Waals surface area contributed by atoms with Crippen LogP contribution < -0.4 is 15.3 Å². The molecule has 150 valence electrons. The maximum Gasteiger partial charge on any atom is 0.354 e. The minimum absolute atomic E-state index is 0.0499. The number of nitrogens with zero attached hydrogens (tertiary/aromatic N) is 2. The van der Waals surface area contributed by atoms with Gasteiger partial charge >= 0.3 is 12.1 Å². The van der Waals surface area contributed by atoms with Crippen LogP contribution in [0.5, 0.6) is 5.75 Å². The first kappa shape index (κ1) is 22.3. The zero-order valence-corrected chi connectivity index (χ0v) is 16.5. The molecule has 0 bridgehead atoms. The van der Waals surface area contributed by atoms with Gasteiger partial charge in [0.15, 0.2) is 5.88 Å². The van der Waals surface area contributed by atoms with E-state index in [1.807, 2.05) is 0 Å². The van der Waals surface area contributed by atoms with Gasteiger partial charge in [0.2, 0.25) is 0 Å². The molecule has 1 aromatic rings. The van der Waals surface area contributed by atoms with Crippen LogP contribution in [0.2, 0.25) is 0 Å². The van der Waals surface area contributed by atoms with Crippen LogP contribution in [0.25, 0.3) is 0 Å². The molecule has 0 aliphatic heterocycles. The Morgan fingerprint density at radius 3 is 2.44 bits per heavy atom. The summed E-state index contributed by atoms with van der Waals surface area (Å²) in [5.41, 5.74) is 0.359. The molecule has 0 fully saturated rings. The number of nitrogens with one attached hydrogen (secondary N) is 1. The average Bonchev–Trinajstić information content (AvgIpc) is 2.59. The highest BCUT2D eigenvalue weighted by molar-refractivity contribution is 7.90. The monoisotopic (exact) mass is 400 g/mol. The van der Waals surface area contributed by atoms with E-state index in [2.05, 4.69) is 6.58 Å². The lowest BCUT2D eigenvalue weighted by Gasteiger charge is -2.24. The smallest absolute Gasteiger partial charge is 0.354 e. The molecule has 10 nitrogen and oxygen atoms in total. The second-order valence-corrected chi connectivity index (χ2v) is 6.90. The van der Waals surface area contributed by atoms with Crippen LogP contribution in [0, 0.1) is 6.92 Å². The Labute approximate surface area is 158 Å². The second-order valence-electron chi connectivity index (χ2n) is 5.28. The lowest BCUT2D eigenvalue weighted by molar-refractivity contribution is 0.125. The molecular weight excluding hydrogens is 376 g/mol. The van der Waals surface area contributed by atoms with Gasteiger partial charge in [0.25, 0.3) is 10.0 Å². The molecule has 0 spiro atoms. The number of benzene rings is 1. The Morgan fingerprint density at radius 2 is 1.89 bits per heavy atom. The van der Waals surface area contributed by atoms with Crippen molar-refractivity contribution in [2.45, 2.75) is 25.7 Å². The third-order valence-corrected chi connectivity index (χ3v) is 4.87. The number of hydrogen-bond donors (Lipinski definition) is 2. The van der Waals surface area contributed by atoms with Crippen molar-refractivity contribution in [3.05, 3.63) is 36.2 Å². The molecule has 0 saturated heterocycles. The summed E-state index contributed by atoms with van der Waals surface area (Å²) in [4.78, 5) is 25.0. The van der Waals surface area contributed by atoms with Gasteiger partial charge in [-0.3, -0.25) is 4.90 Å². The highest BCUT2D eigenvalue weighted by atomic mass is 32.2. The quantitative estimate of drug-likeness (QED) is 0.307. The number of hydrazine groups is 1. The van der Waals surface area contributed by atoms with Gasteiger partial charge in [0.05, 0.1) is 13.2 Å².